The minimum Gasteiger partial charge on any atom is -0.369 e. The van der Waals surface area contributed by atoms with Crippen molar-refractivity contribution < 1.29 is 14.0 Å². The van der Waals surface area contributed by atoms with Crippen LogP contribution in [-0.2, 0) is 17.8 Å². The first-order chi connectivity index (χ1) is 10.5. The molecular weight excluding hydrogens is 285 g/mol. The summed E-state index contributed by atoms with van der Waals surface area (Å²) in [6, 6.07) is 12.3. The lowest BCUT2D eigenvalue weighted by atomic mass is 10.1. The zero-order valence-corrected chi connectivity index (χ0v) is 11.8. The Balaban J connectivity index is 1.83. The summed E-state index contributed by atoms with van der Waals surface area (Å²) in [6.45, 7) is 0.297. The third-order valence-electron chi connectivity index (χ3n) is 2.96. The molecule has 0 atom stereocenters. The van der Waals surface area contributed by atoms with Gasteiger partial charge in [0, 0.05) is 12.2 Å². The van der Waals surface area contributed by atoms with E-state index in [2.05, 4.69) is 10.6 Å². The Hall–Kier alpha value is -2.89. The van der Waals surface area contributed by atoms with Gasteiger partial charge < -0.3 is 16.4 Å². The maximum absolute atomic E-state index is 12.8. The van der Waals surface area contributed by atoms with Crippen molar-refractivity contribution in [1.82, 2.24) is 5.32 Å². The van der Waals surface area contributed by atoms with Gasteiger partial charge in [-0.1, -0.05) is 24.3 Å². The third-order valence-corrected chi connectivity index (χ3v) is 2.96. The molecule has 6 heteroatoms. The molecule has 0 aliphatic heterocycles. The Morgan fingerprint density at radius 3 is 2.14 bits per heavy atom. The lowest BCUT2D eigenvalue weighted by Gasteiger charge is -2.08. The smallest absolute Gasteiger partial charge is 0.319 e. The monoisotopic (exact) mass is 301 g/mol. The highest BCUT2D eigenvalue weighted by Gasteiger charge is 2.03. The average Bonchev–Trinajstić information content (AvgIpc) is 2.48. The van der Waals surface area contributed by atoms with E-state index in [4.69, 9.17) is 5.73 Å². The largest absolute Gasteiger partial charge is 0.369 e. The van der Waals surface area contributed by atoms with Gasteiger partial charge in [-0.15, -0.1) is 0 Å². The van der Waals surface area contributed by atoms with E-state index in [1.54, 1.807) is 36.4 Å². The maximum Gasteiger partial charge on any atom is 0.319 e. The molecule has 3 amide bonds. The highest BCUT2D eigenvalue weighted by molar-refractivity contribution is 5.89. The molecule has 22 heavy (non-hydrogen) atoms. The van der Waals surface area contributed by atoms with E-state index in [1.165, 1.54) is 12.1 Å². The zero-order chi connectivity index (χ0) is 15.9. The molecular formula is C16H16FN3O2. The van der Waals surface area contributed by atoms with Gasteiger partial charge in [0.15, 0.2) is 0 Å². The molecule has 5 nitrogen and oxygen atoms in total. The standard InChI is InChI=1S/C16H16FN3O2/c17-13-5-1-12(2-6-13)10-19-16(22)20-14-7-3-11(4-8-14)9-15(18)21/h1-8H,9-10H2,(H2,18,21)(H2,19,20,22). The first-order valence-corrected chi connectivity index (χ1v) is 6.69. The van der Waals surface area contributed by atoms with Crippen LogP contribution in [0.2, 0.25) is 0 Å². The quantitative estimate of drug-likeness (QED) is 0.790. The molecule has 4 N–H and O–H groups in total. The van der Waals surface area contributed by atoms with Gasteiger partial charge in [0.1, 0.15) is 5.82 Å². The predicted octanol–water partition coefficient (Wildman–Crippen LogP) is 2.18. The second-order valence-corrected chi connectivity index (χ2v) is 4.77. The first kappa shape index (κ1) is 15.5. The molecule has 2 rings (SSSR count). The normalized spacial score (nSPS) is 10.0. The van der Waals surface area contributed by atoms with Crippen molar-refractivity contribution in [2.24, 2.45) is 5.73 Å². The average molecular weight is 301 g/mol. The van der Waals surface area contributed by atoms with Gasteiger partial charge in [-0.2, -0.15) is 0 Å². The van der Waals surface area contributed by atoms with E-state index in [9.17, 15) is 14.0 Å². The van der Waals surface area contributed by atoms with Crippen molar-refractivity contribution in [2.45, 2.75) is 13.0 Å². The topological polar surface area (TPSA) is 84.2 Å². The highest BCUT2D eigenvalue weighted by Crippen LogP contribution is 2.10. The minimum atomic E-state index is -0.405. The third kappa shape index (κ3) is 4.90. The molecule has 2 aromatic carbocycles. The molecule has 0 saturated heterocycles. The van der Waals surface area contributed by atoms with Crippen molar-refractivity contribution in [1.29, 1.82) is 0 Å². The number of halogens is 1. The van der Waals surface area contributed by atoms with E-state index >= 15 is 0 Å². The summed E-state index contributed by atoms with van der Waals surface area (Å²) in [5, 5.41) is 5.33. The Labute approximate surface area is 127 Å². The van der Waals surface area contributed by atoms with Crippen LogP contribution in [0.15, 0.2) is 48.5 Å². The van der Waals surface area contributed by atoms with Crippen LogP contribution >= 0.6 is 0 Å². The molecule has 0 saturated carbocycles. The summed E-state index contributed by atoms with van der Waals surface area (Å²) in [6.07, 6.45) is 0.164. The lowest BCUT2D eigenvalue weighted by molar-refractivity contribution is -0.117. The SMILES string of the molecule is NC(=O)Cc1ccc(NC(=O)NCc2ccc(F)cc2)cc1. The Kier molecular flexibility index (Phi) is 5.08. The predicted molar refractivity (Wildman–Crippen MR) is 81.6 cm³/mol. The van der Waals surface area contributed by atoms with Crippen LogP contribution in [0.25, 0.3) is 0 Å². The fraction of sp³-hybridized carbons (Fsp3) is 0.125. The molecule has 0 fully saturated rings. The van der Waals surface area contributed by atoms with Crippen LogP contribution in [-0.4, -0.2) is 11.9 Å². The van der Waals surface area contributed by atoms with Crippen LogP contribution < -0.4 is 16.4 Å². The molecule has 0 bridgehead atoms. The molecule has 0 aromatic heterocycles. The van der Waals surface area contributed by atoms with Gasteiger partial charge >= 0.3 is 6.03 Å². The maximum atomic E-state index is 12.8. The Morgan fingerprint density at radius 2 is 1.55 bits per heavy atom. The van der Waals surface area contributed by atoms with Gasteiger partial charge in [-0.3, -0.25) is 4.79 Å². The van der Waals surface area contributed by atoms with Crippen molar-refractivity contribution >= 4 is 17.6 Å². The van der Waals surface area contributed by atoms with E-state index < -0.39 is 5.91 Å². The Bertz CT molecular complexity index is 654. The number of urea groups is 1. The van der Waals surface area contributed by atoms with Crippen molar-refractivity contribution in [3.8, 4) is 0 Å². The van der Waals surface area contributed by atoms with Crippen LogP contribution in [0, 0.1) is 5.82 Å². The minimum absolute atomic E-state index is 0.164. The molecule has 0 unspecified atom stereocenters. The van der Waals surface area contributed by atoms with Crippen molar-refractivity contribution in [3.63, 3.8) is 0 Å². The van der Waals surface area contributed by atoms with Crippen LogP contribution in [0.5, 0.6) is 0 Å². The van der Waals surface area contributed by atoms with Gasteiger partial charge in [-0.05, 0) is 35.4 Å². The van der Waals surface area contributed by atoms with Crippen LogP contribution in [0.1, 0.15) is 11.1 Å². The number of benzene rings is 2. The molecule has 0 aliphatic rings. The lowest BCUT2D eigenvalue weighted by Crippen LogP contribution is -2.28. The molecule has 0 radical (unpaired) electrons. The van der Waals surface area contributed by atoms with Crippen molar-refractivity contribution in [3.05, 3.63) is 65.5 Å². The fourth-order valence-corrected chi connectivity index (χ4v) is 1.87. The van der Waals surface area contributed by atoms with Gasteiger partial charge in [-0.25, -0.2) is 9.18 Å². The molecule has 0 heterocycles. The number of nitrogens with two attached hydrogens (primary N) is 1. The number of carbonyl (C=O) groups is 2. The highest BCUT2D eigenvalue weighted by atomic mass is 19.1. The molecule has 114 valence electrons. The number of hydrogen-bond donors (Lipinski definition) is 3. The summed E-state index contributed by atoms with van der Waals surface area (Å²) >= 11 is 0. The molecule has 2 aromatic rings. The van der Waals surface area contributed by atoms with E-state index in [0.29, 0.717) is 12.2 Å². The number of hydrogen-bond acceptors (Lipinski definition) is 2. The number of amides is 3. The number of carbonyl (C=O) groups excluding carboxylic acids is 2. The molecule has 0 aliphatic carbocycles. The van der Waals surface area contributed by atoms with E-state index in [-0.39, 0.29) is 18.3 Å². The number of rotatable bonds is 5. The second-order valence-electron chi connectivity index (χ2n) is 4.77. The zero-order valence-electron chi connectivity index (χ0n) is 11.8. The number of nitrogens with one attached hydrogen (secondary N) is 2. The Morgan fingerprint density at radius 1 is 0.955 bits per heavy atom. The summed E-state index contributed by atoms with van der Waals surface area (Å²) in [5.41, 5.74) is 7.29. The van der Waals surface area contributed by atoms with Gasteiger partial charge in [0.2, 0.25) is 5.91 Å². The van der Waals surface area contributed by atoms with E-state index in [0.717, 1.165) is 11.1 Å². The first-order valence-electron chi connectivity index (χ1n) is 6.69. The number of anilines is 1. The van der Waals surface area contributed by atoms with Gasteiger partial charge in [0.25, 0.3) is 0 Å². The summed E-state index contributed by atoms with van der Waals surface area (Å²) < 4.78 is 12.8. The molecule has 0 spiro atoms. The van der Waals surface area contributed by atoms with Crippen LogP contribution in [0.3, 0.4) is 0 Å². The van der Waals surface area contributed by atoms with E-state index in [1.807, 2.05) is 0 Å². The second kappa shape index (κ2) is 7.21. The number of primary amides is 1. The van der Waals surface area contributed by atoms with Gasteiger partial charge in [0.05, 0.1) is 6.42 Å². The summed E-state index contributed by atoms with van der Waals surface area (Å²) in [4.78, 5) is 22.5. The van der Waals surface area contributed by atoms with Crippen molar-refractivity contribution in [2.75, 3.05) is 5.32 Å². The summed E-state index contributed by atoms with van der Waals surface area (Å²) in [5.74, 6) is -0.720. The van der Waals surface area contributed by atoms with Crippen LogP contribution in [0.4, 0.5) is 14.9 Å². The summed E-state index contributed by atoms with van der Waals surface area (Å²) in [7, 11) is 0. The fourth-order valence-electron chi connectivity index (χ4n) is 1.87.